The first-order valence-electron chi connectivity index (χ1n) is 9.38. The van der Waals surface area contributed by atoms with E-state index < -0.39 is 5.82 Å². The molecule has 0 saturated heterocycles. The third-order valence-corrected chi connectivity index (χ3v) is 4.57. The average Bonchev–Trinajstić information content (AvgIpc) is 3.12. The molecule has 5 nitrogen and oxygen atoms in total. The number of rotatable bonds is 6. The number of halogens is 1. The molecule has 0 saturated carbocycles. The van der Waals surface area contributed by atoms with E-state index in [9.17, 15) is 9.18 Å². The van der Waals surface area contributed by atoms with Crippen molar-refractivity contribution < 1.29 is 13.9 Å². The standard InChI is InChI=1S/C23H20FN3O2/c1-2-20-22(27-14-17(24)8-13-21(27)26-20)23(28)25-18-9-11-19(12-10-18)29-15-16-6-4-3-5-7-16/h3-14H,2,15H2,1H3,(H,25,28). The molecule has 0 atom stereocenters. The number of anilines is 1. The summed E-state index contributed by atoms with van der Waals surface area (Å²) in [6.07, 6.45) is 1.84. The second-order valence-corrected chi connectivity index (χ2v) is 6.59. The molecule has 2 aromatic heterocycles. The van der Waals surface area contributed by atoms with Crippen LogP contribution in [0, 0.1) is 5.82 Å². The maximum absolute atomic E-state index is 13.7. The average molecular weight is 389 g/mol. The van der Waals surface area contributed by atoms with Gasteiger partial charge in [-0.3, -0.25) is 9.20 Å². The van der Waals surface area contributed by atoms with Gasteiger partial charge in [0.05, 0.1) is 5.69 Å². The van der Waals surface area contributed by atoms with Crippen LogP contribution in [-0.2, 0) is 13.0 Å². The molecule has 1 N–H and O–H groups in total. The van der Waals surface area contributed by atoms with Crippen LogP contribution in [0.3, 0.4) is 0 Å². The minimum absolute atomic E-state index is 0.335. The molecule has 2 heterocycles. The highest BCUT2D eigenvalue weighted by molar-refractivity contribution is 6.04. The Morgan fingerprint density at radius 3 is 2.55 bits per heavy atom. The van der Waals surface area contributed by atoms with E-state index in [0.29, 0.717) is 41.5 Å². The number of ether oxygens (including phenoxy) is 1. The van der Waals surface area contributed by atoms with Gasteiger partial charge in [0.15, 0.2) is 0 Å². The van der Waals surface area contributed by atoms with Gasteiger partial charge in [-0.05, 0) is 48.4 Å². The predicted molar refractivity (Wildman–Crippen MR) is 110 cm³/mol. The fourth-order valence-electron chi connectivity index (χ4n) is 3.12. The topological polar surface area (TPSA) is 55.6 Å². The number of nitrogens with one attached hydrogen (secondary N) is 1. The molecular weight excluding hydrogens is 369 g/mol. The van der Waals surface area contributed by atoms with Crippen molar-refractivity contribution in [1.82, 2.24) is 9.38 Å². The summed E-state index contributed by atoms with van der Waals surface area (Å²) in [5, 5.41) is 2.85. The van der Waals surface area contributed by atoms with E-state index in [2.05, 4.69) is 10.3 Å². The van der Waals surface area contributed by atoms with Crippen LogP contribution in [0.1, 0.15) is 28.7 Å². The second-order valence-electron chi connectivity index (χ2n) is 6.59. The maximum atomic E-state index is 13.7. The van der Waals surface area contributed by atoms with Crippen LogP contribution in [0.15, 0.2) is 72.9 Å². The summed E-state index contributed by atoms with van der Waals surface area (Å²) >= 11 is 0. The summed E-state index contributed by atoms with van der Waals surface area (Å²) < 4.78 is 20.9. The quantitative estimate of drug-likeness (QED) is 0.512. The lowest BCUT2D eigenvalue weighted by molar-refractivity contribution is 0.102. The molecule has 0 radical (unpaired) electrons. The van der Waals surface area contributed by atoms with Crippen LogP contribution in [0.5, 0.6) is 5.75 Å². The molecule has 29 heavy (non-hydrogen) atoms. The van der Waals surface area contributed by atoms with Crippen molar-refractivity contribution in [2.24, 2.45) is 0 Å². The van der Waals surface area contributed by atoms with E-state index in [4.69, 9.17) is 4.74 Å². The van der Waals surface area contributed by atoms with Gasteiger partial charge in [-0.1, -0.05) is 37.3 Å². The van der Waals surface area contributed by atoms with Crippen molar-refractivity contribution in [3.63, 3.8) is 0 Å². The van der Waals surface area contributed by atoms with Gasteiger partial charge in [0.25, 0.3) is 5.91 Å². The normalized spacial score (nSPS) is 10.8. The van der Waals surface area contributed by atoms with Gasteiger partial charge in [0.2, 0.25) is 0 Å². The summed E-state index contributed by atoms with van der Waals surface area (Å²) in [6.45, 7) is 2.38. The maximum Gasteiger partial charge on any atom is 0.274 e. The van der Waals surface area contributed by atoms with Crippen LogP contribution in [-0.4, -0.2) is 15.3 Å². The molecule has 0 unspecified atom stereocenters. The van der Waals surface area contributed by atoms with Gasteiger partial charge in [-0.2, -0.15) is 0 Å². The molecule has 0 aliphatic rings. The summed E-state index contributed by atoms with van der Waals surface area (Å²) in [7, 11) is 0. The number of hydrogen-bond donors (Lipinski definition) is 1. The highest BCUT2D eigenvalue weighted by atomic mass is 19.1. The van der Waals surface area contributed by atoms with Gasteiger partial charge in [0, 0.05) is 11.9 Å². The zero-order valence-electron chi connectivity index (χ0n) is 15.9. The molecular formula is C23H20FN3O2. The van der Waals surface area contributed by atoms with Crippen LogP contribution >= 0.6 is 0 Å². The summed E-state index contributed by atoms with van der Waals surface area (Å²) in [6, 6.07) is 19.9. The van der Waals surface area contributed by atoms with Gasteiger partial charge in [-0.25, -0.2) is 9.37 Å². The van der Waals surface area contributed by atoms with Crippen LogP contribution in [0.25, 0.3) is 5.65 Å². The van der Waals surface area contributed by atoms with Crippen LogP contribution in [0.4, 0.5) is 10.1 Å². The fraction of sp³-hybridized carbons (Fsp3) is 0.130. The summed E-state index contributed by atoms with van der Waals surface area (Å²) in [5.41, 5.74) is 3.20. The number of carbonyl (C=O) groups is 1. The van der Waals surface area contributed by atoms with Crippen molar-refractivity contribution in [2.75, 3.05) is 5.32 Å². The lowest BCUT2D eigenvalue weighted by Gasteiger charge is -2.09. The van der Waals surface area contributed by atoms with E-state index >= 15 is 0 Å². The molecule has 4 rings (SSSR count). The number of amides is 1. The van der Waals surface area contributed by atoms with Crippen LogP contribution < -0.4 is 10.1 Å². The number of imidazole rings is 1. The van der Waals surface area contributed by atoms with E-state index in [-0.39, 0.29) is 5.91 Å². The Hall–Kier alpha value is -3.67. The van der Waals surface area contributed by atoms with Gasteiger partial charge in [-0.15, -0.1) is 0 Å². The Morgan fingerprint density at radius 1 is 1.07 bits per heavy atom. The first kappa shape index (κ1) is 18.7. The Kier molecular flexibility index (Phi) is 5.24. The molecule has 4 aromatic rings. The lowest BCUT2D eigenvalue weighted by Crippen LogP contribution is -2.16. The second kappa shape index (κ2) is 8.14. The minimum Gasteiger partial charge on any atom is -0.489 e. The van der Waals surface area contributed by atoms with E-state index in [1.165, 1.54) is 16.7 Å². The van der Waals surface area contributed by atoms with E-state index in [0.717, 1.165) is 5.56 Å². The highest BCUT2D eigenvalue weighted by Crippen LogP contribution is 2.20. The van der Waals surface area contributed by atoms with Crippen molar-refractivity contribution in [2.45, 2.75) is 20.0 Å². The van der Waals surface area contributed by atoms with Gasteiger partial charge < -0.3 is 10.1 Å². The van der Waals surface area contributed by atoms with Crippen LogP contribution in [0.2, 0.25) is 0 Å². The first-order chi connectivity index (χ1) is 14.1. The van der Waals surface area contributed by atoms with Gasteiger partial charge >= 0.3 is 0 Å². The molecule has 0 aliphatic heterocycles. The number of benzene rings is 2. The molecule has 6 heteroatoms. The number of hydrogen-bond acceptors (Lipinski definition) is 3. The monoisotopic (exact) mass is 389 g/mol. The Morgan fingerprint density at radius 2 is 1.83 bits per heavy atom. The Labute approximate surface area is 167 Å². The minimum atomic E-state index is -0.425. The van der Waals surface area contributed by atoms with Gasteiger partial charge in [0.1, 0.15) is 29.5 Å². The summed E-state index contributed by atoms with van der Waals surface area (Å²) in [5.74, 6) is -0.0533. The summed E-state index contributed by atoms with van der Waals surface area (Å²) in [4.78, 5) is 17.3. The number of fused-ring (bicyclic) bond motifs is 1. The molecule has 0 bridgehead atoms. The molecule has 0 fully saturated rings. The lowest BCUT2D eigenvalue weighted by atomic mass is 10.2. The molecule has 146 valence electrons. The molecule has 0 aliphatic carbocycles. The Balaban J connectivity index is 1.49. The predicted octanol–water partition coefficient (Wildman–Crippen LogP) is 4.87. The van der Waals surface area contributed by atoms with E-state index in [1.54, 1.807) is 30.3 Å². The third kappa shape index (κ3) is 4.11. The van der Waals surface area contributed by atoms with Crippen molar-refractivity contribution in [3.8, 4) is 5.75 Å². The zero-order chi connectivity index (χ0) is 20.2. The van der Waals surface area contributed by atoms with Crippen molar-refractivity contribution >= 4 is 17.2 Å². The number of aromatic nitrogens is 2. The number of aryl methyl sites for hydroxylation is 1. The molecule has 2 aromatic carbocycles. The number of nitrogens with zero attached hydrogens (tertiary/aromatic N) is 2. The smallest absolute Gasteiger partial charge is 0.274 e. The molecule has 1 amide bonds. The first-order valence-corrected chi connectivity index (χ1v) is 9.38. The zero-order valence-corrected chi connectivity index (χ0v) is 15.9. The molecule has 0 spiro atoms. The third-order valence-electron chi connectivity index (χ3n) is 4.57. The Bertz CT molecular complexity index is 1140. The number of carbonyl (C=O) groups excluding carboxylic acids is 1. The van der Waals surface area contributed by atoms with Crippen molar-refractivity contribution in [3.05, 3.63) is 95.7 Å². The highest BCUT2D eigenvalue weighted by Gasteiger charge is 2.18. The van der Waals surface area contributed by atoms with Crippen molar-refractivity contribution in [1.29, 1.82) is 0 Å². The fourth-order valence-corrected chi connectivity index (χ4v) is 3.12. The van der Waals surface area contributed by atoms with E-state index in [1.807, 2.05) is 37.3 Å². The number of pyridine rings is 1. The largest absolute Gasteiger partial charge is 0.489 e. The SMILES string of the molecule is CCc1nc2ccc(F)cn2c1C(=O)Nc1ccc(OCc2ccccc2)cc1.